The number of para-hydroxylation sites is 3. The summed E-state index contributed by atoms with van der Waals surface area (Å²) in [4.78, 5) is 20.7. The van der Waals surface area contributed by atoms with Crippen LogP contribution in [0.2, 0.25) is 0 Å². The van der Waals surface area contributed by atoms with Crippen LogP contribution in [0.4, 0.5) is 5.69 Å². The second kappa shape index (κ2) is 9.33. The highest BCUT2D eigenvalue weighted by atomic mass is 16.5. The lowest BCUT2D eigenvalue weighted by Crippen LogP contribution is -2.15. The Morgan fingerprint density at radius 2 is 1.59 bits per heavy atom. The van der Waals surface area contributed by atoms with E-state index in [1.807, 2.05) is 49.4 Å². The van der Waals surface area contributed by atoms with Gasteiger partial charge in [0.1, 0.15) is 30.5 Å². The van der Waals surface area contributed by atoms with Crippen molar-refractivity contribution in [2.24, 2.45) is 0 Å². The zero-order valence-corrected chi connectivity index (χ0v) is 15.1. The third kappa shape index (κ3) is 5.28. The molecule has 0 aliphatic rings. The number of amides is 1. The van der Waals surface area contributed by atoms with Crippen molar-refractivity contribution in [3.8, 4) is 11.5 Å². The number of aryl methyl sites for hydroxylation is 1. The number of carbonyl (C=O) groups is 1. The van der Waals surface area contributed by atoms with Crippen LogP contribution in [0.5, 0.6) is 11.5 Å². The monoisotopic (exact) mass is 363 g/mol. The van der Waals surface area contributed by atoms with E-state index in [0.717, 1.165) is 12.2 Å². The number of ether oxygens (including phenoxy) is 2. The van der Waals surface area contributed by atoms with Gasteiger partial charge in [0.2, 0.25) is 0 Å². The Kier molecular flexibility index (Phi) is 6.35. The zero-order valence-electron chi connectivity index (χ0n) is 15.1. The van der Waals surface area contributed by atoms with Crippen molar-refractivity contribution in [2.45, 2.75) is 13.3 Å². The molecule has 0 unspecified atom stereocenters. The molecule has 6 heteroatoms. The summed E-state index contributed by atoms with van der Waals surface area (Å²) in [6, 6.07) is 16.8. The minimum atomic E-state index is -0.283. The molecule has 0 saturated carbocycles. The summed E-state index contributed by atoms with van der Waals surface area (Å²) in [7, 11) is 0. The molecule has 0 bridgehead atoms. The smallest absolute Gasteiger partial charge is 0.258 e. The predicted molar refractivity (Wildman–Crippen MR) is 103 cm³/mol. The first kappa shape index (κ1) is 18.4. The van der Waals surface area contributed by atoms with Gasteiger partial charge in [-0.15, -0.1) is 0 Å². The molecule has 0 aliphatic heterocycles. The molecule has 0 radical (unpaired) electrons. The highest BCUT2D eigenvalue weighted by Crippen LogP contribution is 2.24. The third-order valence-corrected chi connectivity index (χ3v) is 3.77. The topological polar surface area (TPSA) is 73.3 Å². The lowest BCUT2D eigenvalue weighted by atomic mass is 10.2. The number of rotatable bonds is 8. The molecule has 3 aromatic rings. The quantitative estimate of drug-likeness (QED) is 0.617. The van der Waals surface area contributed by atoms with Crippen LogP contribution in [0.3, 0.4) is 0 Å². The minimum absolute atomic E-state index is 0.283. The average molecular weight is 363 g/mol. The molecule has 0 fully saturated rings. The number of hydrogen-bond acceptors (Lipinski definition) is 5. The number of carbonyl (C=O) groups excluding carboxylic acids is 1. The molecule has 2 aromatic carbocycles. The van der Waals surface area contributed by atoms with E-state index in [1.54, 1.807) is 12.1 Å². The van der Waals surface area contributed by atoms with Crippen molar-refractivity contribution in [2.75, 3.05) is 18.5 Å². The number of benzene rings is 2. The van der Waals surface area contributed by atoms with Crippen molar-refractivity contribution < 1.29 is 14.3 Å². The first-order valence-corrected chi connectivity index (χ1v) is 8.78. The molecule has 1 heterocycles. The largest absolute Gasteiger partial charge is 0.490 e. The van der Waals surface area contributed by atoms with E-state index in [1.165, 1.54) is 12.4 Å². The molecule has 0 aliphatic carbocycles. The molecule has 27 heavy (non-hydrogen) atoms. The maximum Gasteiger partial charge on any atom is 0.258 e. The Morgan fingerprint density at radius 3 is 2.33 bits per heavy atom. The molecule has 1 amide bonds. The normalized spacial score (nSPS) is 10.3. The van der Waals surface area contributed by atoms with Gasteiger partial charge in [-0.25, -0.2) is 9.97 Å². The molecule has 6 nitrogen and oxygen atoms in total. The van der Waals surface area contributed by atoms with Crippen molar-refractivity contribution >= 4 is 11.6 Å². The van der Waals surface area contributed by atoms with Crippen LogP contribution in [-0.2, 0) is 6.42 Å². The van der Waals surface area contributed by atoms with E-state index >= 15 is 0 Å². The van der Waals surface area contributed by atoms with E-state index in [0.29, 0.717) is 36.0 Å². The van der Waals surface area contributed by atoms with Gasteiger partial charge in [0, 0.05) is 18.8 Å². The summed E-state index contributed by atoms with van der Waals surface area (Å²) in [6.07, 6.45) is 3.78. The molecule has 138 valence electrons. The summed E-state index contributed by atoms with van der Waals surface area (Å²) >= 11 is 0. The summed E-state index contributed by atoms with van der Waals surface area (Å²) in [5.74, 6) is 1.79. The first-order chi connectivity index (χ1) is 13.3. The third-order valence-electron chi connectivity index (χ3n) is 3.77. The molecule has 3 rings (SSSR count). The average Bonchev–Trinajstić information content (AvgIpc) is 2.73. The number of hydrogen-bond donors (Lipinski definition) is 1. The molecule has 0 atom stereocenters. The fraction of sp³-hybridized carbons (Fsp3) is 0.190. The van der Waals surface area contributed by atoms with Crippen molar-refractivity contribution in [3.05, 3.63) is 78.4 Å². The summed E-state index contributed by atoms with van der Waals surface area (Å²) in [5, 5.41) is 2.84. The van der Waals surface area contributed by atoms with Crippen LogP contribution < -0.4 is 14.8 Å². The fourth-order valence-electron chi connectivity index (χ4n) is 2.37. The fourth-order valence-corrected chi connectivity index (χ4v) is 2.37. The van der Waals surface area contributed by atoms with E-state index in [-0.39, 0.29) is 5.91 Å². The Morgan fingerprint density at radius 1 is 0.926 bits per heavy atom. The van der Waals surface area contributed by atoms with E-state index in [9.17, 15) is 4.79 Å². The number of nitrogens with zero attached hydrogens (tertiary/aromatic N) is 2. The summed E-state index contributed by atoms with van der Waals surface area (Å²) < 4.78 is 11.4. The van der Waals surface area contributed by atoms with Crippen molar-refractivity contribution in [3.63, 3.8) is 0 Å². The number of anilines is 1. The first-order valence-electron chi connectivity index (χ1n) is 8.78. The predicted octanol–water partition coefficient (Wildman–Crippen LogP) is 3.75. The van der Waals surface area contributed by atoms with E-state index in [2.05, 4.69) is 15.3 Å². The van der Waals surface area contributed by atoms with Gasteiger partial charge in [-0.3, -0.25) is 4.79 Å². The van der Waals surface area contributed by atoms with Gasteiger partial charge < -0.3 is 14.8 Å². The van der Waals surface area contributed by atoms with Crippen LogP contribution in [0, 0.1) is 0 Å². The SMILES string of the molecule is CCc1ncc(C(=O)Nc2ccccc2OCCOc2ccccc2)cn1. The van der Waals surface area contributed by atoms with Gasteiger partial charge in [-0.05, 0) is 24.3 Å². The maximum absolute atomic E-state index is 12.4. The summed E-state index contributed by atoms with van der Waals surface area (Å²) in [5.41, 5.74) is 0.983. The van der Waals surface area contributed by atoms with Gasteiger partial charge in [0.25, 0.3) is 5.91 Å². The van der Waals surface area contributed by atoms with E-state index < -0.39 is 0 Å². The van der Waals surface area contributed by atoms with Crippen molar-refractivity contribution in [1.82, 2.24) is 9.97 Å². The number of aromatic nitrogens is 2. The Labute approximate surface area is 158 Å². The maximum atomic E-state index is 12.4. The van der Waals surface area contributed by atoms with Gasteiger partial charge in [0.15, 0.2) is 0 Å². The summed E-state index contributed by atoms with van der Waals surface area (Å²) in [6.45, 7) is 2.72. The molecule has 0 saturated heterocycles. The lowest BCUT2D eigenvalue weighted by Gasteiger charge is -2.13. The van der Waals surface area contributed by atoms with Crippen LogP contribution in [0.1, 0.15) is 23.1 Å². The Hall–Kier alpha value is -3.41. The van der Waals surface area contributed by atoms with Crippen molar-refractivity contribution in [1.29, 1.82) is 0 Å². The van der Waals surface area contributed by atoms with E-state index in [4.69, 9.17) is 9.47 Å². The lowest BCUT2D eigenvalue weighted by molar-refractivity contribution is 0.102. The van der Waals surface area contributed by atoms with Crippen LogP contribution >= 0.6 is 0 Å². The minimum Gasteiger partial charge on any atom is -0.490 e. The second-order valence-electron chi connectivity index (χ2n) is 5.70. The highest BCUT2D eigenvalue weighted by molar-refractivity contribution is 6.04. The van der Waals surface area contributed by atoms with Crippen LogP contribution in [0.25, 0.3) is 0 Å². The molecular weight excluding hydrogens is 342 g/mol. The van der Waals surface area contributed by atoms with Crippen LogP contribution in [0.15, 0.2) is 67.0 Å². The molecular formula is C21H21N3O3. The van der Waals surface area contributed by atoms with Gasteiger partial charge in [-0.1, -0.05) is 37.3 Å². The van der Waals surface area contributed by atoms with Crippen LogP contribution in [-0.4, -0.2) is 29.1 Å². The Balaban J connectivity index is 1.57. The molecule has 1 aromatic heterocycles. The molecule has 1 N–H and O–H groups in total. The van der Waals surface area contributed by atoms with Gasteiger partial charge in [-0.2, -0.15) is 0 Å². The van der Waals surface area contributed by atoms with Gasteiger partial charge in [0.05, 0.1) is 11.3 Å². The highest BCUT2D eigenvalue weighted by Gasteiger charge is 2.11. The standard InChI is InChI=1S/C21H21N3O3/c1-2-20-22-14-16(15-23-20)21(25)24-18-10-6-7-11-19(18)27-13-12-26-17-8-4-3-5-9-17/h3-11,14-15H,2,12-13H2,1H3,(H,24,25). The zero-order chi connectivity index (χ0) is 18.9. The van der Waals surface area contributed by atoms with Gasteiger partial charge >= 0.3 is 0 Å². The Bertz CT molecular complexity index is 867. The molecule has 0 spiro atoms. The number of nitrogens with one attached hydrogen (secondary N) is 1. The second-order valence-corrected chi connectivity index (χ2v) is 5.70.